The first kappa shape index (κ1) is 15.8. The van der Waals surface area contributed by atoms with Crippen LogP contribution < -0.4 is 14.4 Å². The quantitative estimate of drug-likeness (QED) is 0.735. The van der Waals surface area contributed by atoms with Crippen molar-refractivity contribution in [2.45, 2.75) is 13.3 Å². The minimum Gasteiger partial charge on any atom is -0.497 e. The standard InChI is InChI=1S/C13H22N2O3S/c1-4-9-14-10-11-19(16,17)15(2)12-5-7-13(18-3)8-6-12/h5-8,14H,4,9-11H2,1-3H3. The van der Waals surface area contributed by atoms with Gasteiger partial charge in [0.1, 0.15) is 5.75 Å². The predicted molar refractivity (Wildman–Crippen MR) is 78.3 cm³/mol. The molecule has 0 atom stereocenters. The van der Waals surface area contributed by atoms with Gasteiger partial charge in [0, 0.05) is 13.6 Å². The molecule has 0 saturated heterocycles. The van der Waals surface area contributed by atoms with E-state index in [2.05, 4.69) is 5.32 Å². The van der Waals surface area contributed by atoms with E-state index in [1.54, 1.807) is 38.4 Å². The summed E-state index contributed by atoms with van der Waals surface area (Å²) in [5, 5.41) is 3.09. The third-order valence-electron chi connectivity index (χ3n) is 2.82. The Bertz CT molecular complexity index is 471. The van der Waals surface area contributed by atoms with Crippen molar-refractivity contribution in [3.8, 4) is 5.75 Å². The summed E-state index contributed by atoms with van der Waals surface area (Å²) in [6.07, 6.45) is 0.994. The zero-order valence-electron chi connectivity index (χ0n) is 11.7. The zero-order chi connectivity index (χ0) is 14.3. The van der Waals surface area contributed by atoms with Crippen molar-refractivity contribution in [1.82, 2.24) is 5.32 Å². The Kier molecular flexibility index (Phi) is 6.11. The molecule has 108 valence electrons. The Morgan fingerprint density at radius 2 is 1.84 bits per heavy atom. The second-order valence-electron chi connectivity index (χ2n) is 4.23. The summed E-state index contributed by atoms with van der Waals surface area (Å²) >= 11 is 0. The highest BCUT2D eigenvalue weighted by atomic mass is 32.2. The first-order valence-corrected chi connectivity index (χ1v) is 7.93. The van der Waals surface area contributed by atoms with Crippen LogP contribution in [-0.4, -0.2) is 41.4 Å². The van der Waals surface area contributed by atoms with E-state index in [4.69, 9.17) is 4.74 Å². The van der Waals surface area contributed by atoms with E-state index in [9.17, 15) is 8.42 Å². The van der Waals surface area contributed by atoms with Gasteiger partial charge < -0.3 is 10.1 Å². The largest absolute Gasteiger partial charge is 0.497 e. The van der Waals surface area contributed by atoms with Crippen LogP contribution in [0.25, 0.3) is 0 Å². The van der Waals surface area contributed by atoms with Crippen LogP contribution in [0.1, 0.15) is 13.3 Å². The predicted octanol–water partition coefficient (Wildman–Crippen LogP) is 1.46. The second-order valence-corrected chi connectivity index (χ2v) is 6.35. The molecule has 0 aliphatic carbocycles. The average Bonchev–Trinajstić information content (AvgIpc) is 2.43. The van der Waals surface area contributed by atoms with Gasteiger partial charge in [-0.25, -0.2) is 8.42 Å². The number of sulfonamides is 1. The summed E-state index contributed by atoms with van der Waals surface area (Å²) < 4.78 is 30.6. The number of anilines is 1. The topological polar surface area (TPSA) is 58.6 Å². The minimum atomic E-state index is -3.28. The number of nitrogens with zero attached hydrogens (tertiary/aromatic N) is 1. The summed E-state index contributed by atoms with van der Waals surface area (Å²) in [6, 6.07) is 6.96. The average molecular weight is 286 g/mol. The van der Waals surface area contributed by atoms with Gasteiger partial charge in [-0.05, 0) is 37.2 Å². The molecule has 6 heteroatoms. The molecule has 1 rings (SSSR count). The minimum absolute atomic E-state index is 0.0928. The van der Waals surface area contributed by atoms with Gasteiger partial charge in [0.2, 0.25) is 10.0 Å². The van der Waals surface area contributed by atoms with Gasteiger partial charge in [0.05, 0.1) is 18.6 Å². The van der Waals surface area contributed by atoms with E-state index in [0.717, 1.165) is 13.0 Å². The highest BCUT2D eigenvalue weighted by Gasteiger charge is 2.17. The first-order valence-electron chi connectivity index (χ1n) is 6.32. The lowest BCUT2D eigenvalue weighted by Gasteiger charge is -2.19. The number of ether oxygens (including phenoxy) is 1. The molecule has 0 saturated carbocycles. The Morgan fingerprint density at radius 1 is 1.21 bits per heavy atom. The van der Waals surface area contributed by atoms with Crippen molar-refractivity contribution in [3.05, 3.63) is 24.3 Å². The van der Waals surface area contributed by atoms with Crippen molar-refractivity contribution in [2.75, 3.05) is 37.3 Å². The Labute approximate surface area is 115 Å². The highest BCUT2D eigenvalue weighted by molar-refractivity contribution is 7.92. The summed E-state index contributed by atoms with van der Waals surface area (Å²) in [7, 11) is -0.139. The number of benzene rings is 1. The number of hydrogen-bond donors (Lipinski definition) is 1. The molecule has 1 aromatic carbocycles. The van der Waals surface area contributed by atoms with Crippen molar-refractivity contribution in [3.63, 3.8) is 0 Å². The molecule has 0 aliphatic heterocycles. The summed E-state index contributed by atoms with van der Waals surface area (Å²) in [4.78, 5) is 0. The van der Waals surface area contributed by atoms with Crippen LogP contribution in [-0.2, 0) is 10.0 Å². The fourth-order valence-corrected chi connectivity index (χ4v) is 2.71. The van der Waals surface area contributed by atoms with E-state index >= 15 is 0 Å². The van der Waals surface area contributed by atoms with E-state index in [1.165, 1.54) is 4.31 Å². The summed E-state index contributed by atoms with van der Waals surface area (Å²) in [5.41, 5.74) is 0.635. The third kappa shape index (κ3) is 4.72. The zero-order valence-corrected chi connectivity index (χ0v) is 12.5. The number of rotatable bonds is 8. The van der Waals surface area contributed by atoms with Crippen LogP contribution in [0.15, 0.2) is 24.3 Å². The van der Waals surface area contributed by atoms with Crippen LogP contribution in [0.3, 0.4) is 0 Å². The van der Waals surface area contributed by atoms with Gasteiger partial charge in [-0.2, -0.15) is 0 Å². The van der Waals surface area contributed by atoms with Crippen molar-refractivity contribution in [1.29, 1.82) is 0 Å². The number of nitrogens with one attached hydrogen (secondary N) is 1. The van der Waals surface area contributed by atoms with E-state index < -0.39 is 10.0 Å². The molecule has 0 fully saturated rings. The van der Waals surface area contributed by atoms with Crippen LogP contribution >= 0.6 is 0 Å². The lowest BCUT2D eigenvalue weighted by Crippen LogP contribution is -2.33. The Morgan fingerprint density at radius 3 is 2.37 bits per heavy atom. The number of methoxy groups -OCH3 is 1. The highest BCUT2D eigenvalue weighted by Crippen LogP contribution is 2.20. The van der Waals surface area contributed by atoms with E-state index in [1.807, 2.05) is 6.92 Å². The van der Waals surface area contributed by atoms with Crippen LogP contribution in [0.4, 0.5) is 5.69 Å². The first-order chi connectivity index (χ1) is 9.01. The fourth-order valence-electron chi connectivity index (χ4n) is 1.59. The third-order valence-corrected chi connectivity index (χ3v) is 4.58. The molecule has 0 bridgehead atoms. The van der Waals surface area contributed by atoms with Gasteiger partial charge >= 0.3 is 0 Å². The molecule has 0 radical (unpaired) electrons. The SMILES string of the molecule is CCCNCCS(=O)(=O)N(C)c1ccc(OC)cc1. The van der Waals surface area contributed by atoms with Gasteiger partial charge in [0.25, 0.3) is 0 Å². The smallest absolute Gasteiger partial charge is 0.236 e. The fraction of sp³-hybridized carbons (Fsp3) is 0.538. The Balaban J connectivity index is 2.65. The van der Waals surface area contributed by atoms with Crippen molar-refractivity contribution in [2.24, 2.45) is 0 Å². The molecule has 1 N–H and O–H groups in total. The maximum atomic E-state index is 12.1. The lowest BCUT2D eigenvalue weighted by molar-refractivity contribution is 0.415. The van der Waals surface area contributed by atoms with Gasteiger partial charge in [-0.15, -0.1) is 0 Å². The van der Waals surface area contributed by atoms with E-state index in [0.29, 0.717) is 18.0 Å². The molecule has 0 aromatic heterocycles. The molecular weight excluding hydrogens is 264 g/mol. The number of hydrogen-bond acceptors (Lipinski definition) is 4. The second kappa shape index (κ2) is 7.35. The van der Waals surface area contributed by atoms with E-state index in [-0.39, 0.29) is 5.75 Å². The molecule has 0 aliphatic rings. The summed E-state index contributed by atoms with van der Waals surface area (Å²) in [6.45, 7) is 3.35. The maximum absolute atomic E-state index is 12.1. The molecule has 5 nitrogen and oxygen atoms in total. The van der Waals surface area contributed by atoms with Crippen molar-refractivity contribution >= 4 is 15.7 Å². The molecule has 1 aromatic rings. The molecular formula is C13H22N2O3S. The van der Waals surface area contributed by atoms with Crippen LogP contribution in [0.2, 0.25) is 0 Å². The molecule has 0 spiro atoms. The molecule has 19 heavy (non-hydrogen) atoms. The Hall–Kier alpha value is -1.27. The van der Waals surface area contributed by atoms with Gasteiger partial charge in [0.15, 0.2) is 0 Å². The normalized spacial score (nSPS) is 11.3. The van der Waals surface area contributed by atoms with Crippen molar-refractivity contribution < 1.29 is 13.2 Å². The van der Waals surface area contributed by atoms with Crippen LogP contribution in [0.5, 0.6) is 5.75 Å². The van der Waals surface area contributed by atoms with Gasteiger partial charge in [-0.1, -0.05) is 6.92 Å². The summed E-state index contributed by atoms with van der Waals surface area (Å²) in [5.74, 6) is 0.800. The molecule has 0 heterocycles. The lowest BCUT2D eigenvalue weighted by atomic mass is 10.3. The molecule has 0 unspecified atom stereocenters. The van der Waals surface area contributed by atoms with Crippen LogP contribution in [0, 0.1) is 0 Å². The van der Waals surface area contributed by atoms with Gasteiger partial charge in [-0.3, -0.25) is 4.31 Å². The maximum Gasteiger partial charge on any atom is 0.236 e. The molecule has 0 amide bonds. The monoisotopic (exact) mass is 286 g/mol.